The summed E-state index contributed by atoms with van der Waals surface area (Å²) in [7, 11) is 0. The summed E-state index contributed by atoms with van der Waals surface area (Å²) >= 11 is 0. The molecule has 0 spiro atoms. The smallest absolute Gasteiger partial charge is 0.0565 e. The fraction of sp³-hybridized carbons (Fsp3) is 1.00. The zero-order valence-electron chi connectivity index (χ0n) is 11.6. The van der Waals surface area contributed by atoms with Crippen molar-refractivity contribution in [3.63, 3.8) is 0 Å². The van der Waals surface area contributed by atoms with E-state index in [1.807, 2.05) is 0 Å². The van der Waals surface area contributed by atoms with Crippen molar-refractivity contribution in [3.05, 3.63) is 0 Å². The average Bonchev–Trinajstić information content (AvgIpc) is 3.09. The second-order valence-corrected chi connectivity index (χ2v) is 6.34. The fourth-order valence-corrected chi connectivity index (χ4v) is 3.22. The molecule has 1 aliphatic carbocycles. The predicted molar refractivity (Wildman–Crippen MR) is 71.0 cm³/mol. The molecule has 100 valence electrons. The van der Waals surface area contributed by atoms with Crippen LogP contribution in [0.3, 0.4) is 0 Å². The summed E-state index contributed by atoms with van der Waals surface area (Å²) in [5.41, 5.74) is 6.36. The highest BCUT2D eigenvalue weighted by molar-refractivity contribution is 5.01. The summed E-state index contributed by atoms with van der Waals surface area (Å²) in [6.45, 7) is 9.65. The minimum atomic E-state index is 0.211. The van der Waals surface area contributed by atoms with Gasteiger partial charge in [0.2, 0.25) is 0 Å². The summed E-state index contributed by atoms with van der Waals surface area (Å²) in [6.07, 6.45) is 5.30. The van der Waals surface area contributed by atoms with E-state index < -0.39 is 0 Å². The molecule has 17 heavy (non-hydrogen) atoms. The van der Waals surface area contributed by atoms with Crippen molar-refractivity contribution in [2.75, 3.05) is 19.7 Å². The lowest BCUT2D eigenvalue weighted by atomic mass is 9.84. The Kier molecular flexibility index (Phi) is 4.11. The minimum absolute atomic E-state index is 0.211. The maximum absolute atomic E-state index is 6.15. The number of hydrogen-bond acceptors (Lipinski definition) is 3. The van der Waals surface area contributed by atoms with Gasteiger partial charge in [-0.15, -0.1) is 0 Å². The predicted octanol–water partition coefficient (Wildman–Crippen LogP) is 2.00. The second kappa shape index (κ2) is 5.25. The first-order valence-corrected chi connectivity index (χ1v) is 7.16. The van der Waals surface area contributed by atoms with Gasteiger partial charge in [-0.2, -0.15) is 0 Å². The molecule has 0 aromatic rings. The summed E-state index contributed by atoms with van der Waals surface area (Å²) < 4.78 is 5.71. The van der Waals surface area contributed by atoms with Crippen LogP contribution in [0.15, 0.2) is 0 Å². The molecule has 2 fully saturated rings. The Morgan fingerprint density at radius 2 is 2.12 bits per heavy atom. The number of nitrogens with two attached hydrogens (primary N) is 1. The zero-order valence-corrected chi connectivity index (χ0v) is 11.6. The first-order chi connectivity index (χ1) is 8.07. The third-order valence-electron chi connectivity index (χ3n) is 4.18. The van der Waals surface area contributed by atoms with Gasteiger partial charge >= 0.3 is 0 Å². The molecule has 2 aliphatic rings. The Labute approximate surface area is 106 Å². The van der Waals surface area contributed by atoms with E-state index in [1.165, 1.54) is 19.4 Å². The van der Waals surface area contributed by atoms with Crippen LogP contribution in [-0.4, -0.2) is 42.3 Å². The molecule has 0 radical (unpaired) electrons. The van der Waals surface area contributed by atoms with Gasteiger partial charge < -0.3 is 10.5 Å². The van der Waals surface area contributed by atoms with Crippen molar-refractivity contribution >= 4 is 0 Å². The summed E-state index contributed by atoms with van der Waals surface area (Å²) in [4.78, 5) is 2.72. The molecular weight excluding hydrogens is 212 g/mol. The van der Waals surface area contributed by atoms with Gasteiger partial charge in [-0.05, 0) is 38.5 Å². The highest BCUT2D eigenvalue weighted by Crippen LogP contribution is 2.39. The molecule has 0 amide bonds. The average molecular weight is 240 g/mol. The van der Waals surface area contributed by atoms with Crippen molar-refractivity contribution in [1.82, 2.24) is 4.90 Å². The second-order valence-electron chi connectivity index (χ2n) is 6.34. The van der Waals surface area contributed by atoms with Crippen molar-refractivity contribution in [1.29, 1.82) is 0 Å². The Hall–Kier alpha value is -0.120. The van der Waals surface area contributed by atoms with E-state index >= 15 is 0 Å². The molecule has 1 heterocycles. The molecule has 1 aliphatic heterocycles. The van der Waals surface area contributed by atoms with E-state index in [2.05, 4.69) is 25.7 Å². The van der Waals surface area contributed by atoms with Crippen LogP contribution in [-0.2, 0) is 4.74 Å². The first-order valence-electron chi connectivity index (χ1n) is 7.16. The van der Waals surface area contributed by atoms with Crippen LogP contribution in [0, 0.1) is 5.92 Å². The monoisotopic (exact) mass is 240 g/mol. The van der Waals surface area contributed by atoms with E-state index in [0.717, 1.165) is 38.0 Å². The Morgan fingerprint density at radius 1 is 1.41 bits per heavy atom. The molecule has 0 aromatic carbocycles. The molecule has 2 rings (SSSR count). The lowest BCUT2D eigenvalue weighted by molar-refractivity contribution is -0.0698. The molecule has 2 unspecified atom stereocenters. The van der Waals surface area contributed by atoms with Crippen molar-refractivity contribution in [2.45, 2.75) is 64.1 Å². The number of ether oxygens (including phenoxy) is 1. The fourth-order valence-electron chi connectivity index (χ4n) is 3.22. The molecule has 0 bridgehead atoms. The molecule has 3 nitrogen and oxygen atoms in total. The van der Waals surface area contributed by atoms with E-state index in [4.69, 9.17) is 10.5 Å². The van der Waals surface area contributed by atoms with Crippen LogP contribution < -0.4 is 5.73 Å². The molecular formula is C14H28N2O. The van der Waals surface area contributed by atoms with Crippen LogP contribution in [0.4, 0.5) is 0 Å². The van der Waals surface area contributed by atoms with Gasteiger partial charge in [0, 0.05) is 31.3 Å². The Morgan fingerprint density at radius 3 is 2.59 bits per heavy atom. The van der Waals surface area contributed by atoms with Crippen molar-refractivity contribution in [3.8, 4) is 0 Å². The van der Waals surface area contributed by atoms with E-state index in [0.29, 0.717) is 6.10 Å². The number of hydrogen-bond donors (Lipinski definition) is 1. The lowest BCUT2D eigenvalue weighted by Crippen LogP contribution is -2.59. The summed E-state index contributed by atoms with van der Waals surface area (Å²) in [5, 5.41) is 0. The largest absolute Gasteiger partial charge is 0.378 e. The SMILES string of the molecule is CC(C)CN(C1CC1)C1(CN)CCOC(C)C1. The number of nitrogens with zero attached hydrogens (tertiary/aromatic N) is 1. The summed E-state index contributed by atoms with van der Waals surface area (Å²) in [5.74, 6) is 0.720. The van der Waals surface area contributed by atoms with Gasteiger partial charge in [0.15, 0.2) is 0 Å². The maximum Gasteiger partial charge on any atom is 0.0565 e. The van der Waals surface area contributed by atoms with Crippen LogP contribution in [0.2, 0.25) is 0 Å². The molecule has 2 N–H and O–H groups in total. The quantitative estimate of drug-likeness (QED) is 0.799. The lowest BCUT2D eigenvalue weighted by Gasteiger charge is -2.48. The van der Waals surface area contributed by atoms with Crippen LogP contribution in [0.5, 0.6) is 0 Å². The topological polar surface area (TPSA) is 38.5 Å². The molecule has 1 saturated heterocycles. The van der Waals surface area contributed by atoms with Crippen LogP contribution >= 0.6 is 0 Å². The van der Waals surface area contributed by atoms with Gasteiger partial charge in [-0.3, -0.25) is 4.90 Å². The summed E-state index contributed by atoms with van der Waals surface area (Å²) in [6, 6.07) is 0.797. The molecule has 3 heteroatoms. The van der Waals surface area contributed by atoms with Gasteiger partial charge in [-0.25, -0.2) is 0 Å². The maximum atomic E-state index is 6.15. The number of rotatable bonds is 5. The third kappa shape index (κ3) is 3.01. The normalized spacial score (nSPS) is 34.6. The third-order valence-corrected chi connectivity index (χ3v) is 4.18. The zero-order chi connectivity index (χ0) is 12.5. The molecule has 1 saturated carbocycles. The molecule has 2 atom stereocenters. The highest BCUT2D eigenvalue weighted by atomic mass is 16.5. The van der Waals surface area contributed by atoms with Crippen molar-refractivity contribution < 1.29 is 4.74 Å². The standard InChI is InChI=1S/C14H28N2O/c1-11(2)9-16(13-4-5-13)14(10-15)6-7-17-12(3)8-14/h11-13H,4-10,15H2,1-3H3. The van der Waals surface area contributed by atoms with E-state index in [-0.39, 0.29) is 5.54 Å². The Bertz CT molecular complexity index is 253. The molecule has 0 aromatic heterocycles. The van der Waals surface area contributed by atoms with Gasteiger partial charge in [0.05, 0.1) is 6.10 Å². The highest BCUT2D eigenvalue weighted by Gasteiger charge is 2.45. The minimum Gasteiger partial charge on any atom is -0.378 e. The van der Waals surface area contributed by atoms with Crippen LogP contribution in [0.1, 0.15) is 46.5 Å². The Balaban J connectivity index is 2.11. The van der Waals surface area contributed by atoms with Gasteiger partial charge in [-0.1, -0.05) is 13.8 Å². The van der Waals surface area contributed by atoms with Gasteiger partial charge in [0.25, 0.3) is 0 Å². The van der Waals surface area contributed by atoms with E-state index in [1.54, 1.807) is 0 Å². The van der Waals surface area contributed by atoms with Crippen LogP contribution in [0.25, 0.3) is 0 Å². The van der Waals surface area contributed by atoms with Gasteiger partial charge in [0.1, 0.15) is 0 Å². The van der Waals surface area contributed by atoms with E-state index in [9.17, 15) is 0 Å². The van der Waals surface area contributed by atoms with Crippen molar-refractivity contribution in [2.24, 2.45) is 11.7 Å². The first kappa shape index (κ1) is 13.3.